The predicted octanol–water partition coefficient (Wildman–Crippen LogP) is 1.91. The van der Waals surface area contributed by atoms with Crippen LogP contribution in [0.1, 0.15) is 22.8 Å². The Bertz CT molecular complexity index is 397. The minimum atomic E-state index is -0.611. The molecule has 1 aromatic rings. The molecular weight excluding hydrogens is 225 g/mol. The van der Waals surface area contributed by atoms with E-state index in [1.54, 1.807) is 13.8 Å². The van der Waals surface area contributed by atoms with E-state index in [9.17, 15) is 9.18 Å². The van der Waals surface area contributed by atoms with Crippen LogP contribution in [0.3, 0.4) is 0 Å². The van der Waals surface area contributed by atoms with Crippen LogP contribution in [-0.4, -0.2) is 25.8 Å². The molecule has 0 heterocycles. The lowest BCUT2D eigenvalue weighted by atomic mass is 10.1. The second-order valence-electron chi connectivity index (χ2n) is 3.84. The summed E-state index contributed by atoms with van der Waals surface area (Å²) in [6.07, 6.45) is -0.391. The third kappa shape index (κ3) is 3.42. The highest BCUT2D eigenvalue weighted by molar-refractivity contribution is 5.90. The molecule has 4 nitrogen and oxygen atoms in total. The smallest absolute Gasteiger partial charge is 0.338 e. The van der Waals surface area contributed by atoms with E-state index in [1.807, 2.05) is 0 Å². The van der Waals surface area contributed by atoms with Gasteiger partial charge in [0, 0.05) is 18.4 Å². The second-order valence-corrected chi connectivity index (χ2v) is 3.84. The van der Waals surface area contributed by atoms with Gasteiger partial charge in [0.15, 0.2) is 0 Å². The molecule has 0 saturated heterocycles. The highest BCUT2D eigenvalue weighted by Gasteiger charge is 2.15. The van der Waals surface area contributed by atoms with E-state index in [0.717, 1.165) is 6.07 Å². The van der Waals surface area contributed by atoms with Crippen LogP contribution in [0.5, 0.6) is 0 Å². The van der Waals surface area contributed by atoms with Gasteiger partial charge in [0.05, 0.1) is 12.2 Å². The SMILES string of the molecule is COCC(C)OC(=O)c1cc(N)c(C)c(F)c1. The number of ether oxygens (including phenoxy) is 2. The molecule has 1 unspecified atom stereocenters. The van der Waals surface area contributed by atoms with Gasteiger partial charge in [-0.1, -0.05) is 0 Å². The third-order valence-electron chi connectivity index (χ3n) is 2.33. The van der Waals surface area contributed by atoms with Crippen molar-refractivity contribution in [2.24, 2.45) is 0 Å². The van der Waals surface area contributed by atoms with Crippen molar-refractivity contribution in [3.05, 3.63) is 29.1 Å². The fourth-order valence-corrected chi connectivity index (χ4v) is 1.34. The lowest BCUT2D eigenvalue weighted by molar-refractivity contribution is 0.0120. The van der Waals surface area contributed by atoms with E-state index in [4.69, 9.17) is 15.2 Å². The van der Waals surface area contributed by atoms with Gasteiger partial charge in [-0.3, -0.25) is 0 Å². The first-order valence-electron chi connectivity index (χ1n) is 5.21. The third-order valence-corrected chi connectivity index (χ3v) is 2.33. The topological polar surface area (TPSA) is 61.5 Å². The number of hydrogen-bond donors (Lipinski definition) is 1. The van der Waals surface area contributed by atoms with E-state index < -0.39 is 17.9 Å². The van der Waals surface area contributed by atoms with E-state index in [2.05, 4.69) is 0 Å². The van der Waals surface area contributed by atoms with Gasteiger partial charge in [0.2, 0.25) is 0 Å². The van der Waals surface area contributed by atoms with Gasteiger partial charge in [-0.2, -0.15) is 0 Å². The summed E-state index contributed by atoms with van der Waals surface area (Å²) in [5.41, 5.74) is 6.24. The van der Waals surface area contributed by atoms with Crippen molar-refractivity contribution in [1.29, 1.82) is 0 Å². The summed E-state index contributed by atoms with van der Waals surface area (Å²) in [5, 5.41) is 0. The molecule has 0 aliphatic heterocycles. The Labute approximate surface area is 99.5 Å². The van der Waals surface area contributed by atoms with Crippen molar-refractivity contribution < 1.29 is 18.7 Å². The Balaban J connectivity index is 2.83. The molecule has 0 fully saturated rings. The average molecular weight is 241 g/mol. The number of carbonyl (C=O) groups excluding carboxylic acids is 1. The van der Waals surface area contributed by atoms with E-state index in [-0.39, 0.29) is 17.9 Å². The highest BCUT2D eigenvalue weighted by atomic mass is 19.1. The summed E-state index contributed by atoms with van der Waals surface area (Å²) in [6, 6.07) is 2.52. The summed E-state index contributed by atoms with van der Waals surface area (Å²) >= 11 is 0. The van der Waals surface area contributed by atoms with Gasteiger partial charge in [-0.15, -0.1) is 0 Å². The molecular formula is C12H16FNO3. The van der Waals surface area contributed by atoms with Gasteiger partial charge >= 0.3 is 5.97 Å². The van der Waals surface area contributed by atoms with Crippen molar-refractivity contribution in [2.45, 2.75) is 20.0 Å². The van der Waals surface area contributed by atoms with Gasteiger partial charge in [0.1, 0.15) is 11.9 Å². The summed E-state index contributed by atoms with van der Waals surface area (Å²) in [7, 11) is 1.51. The van der Waals surface area contributed by atoms with Crippen LogP contribution >= 0.6 is 0 Å². The normalized spacial score (nSPS) is 12.2. The lowest BCUT2D eigenvalue weighted by Gasteiger charge is -2.13. The number of hydrogen-bond acceptors (Lipinski definition) is 4. The number of rotatable bonds is 4. The number of anilines is 1. The molecule has 0 aliphatic carbocycles. The van der Waals surface area contributed by atoms with Crippen LogP contribution < -0.4 is 5.73 Å². The zero-order valence-corrected chi connectivity index (χ0v) is 10.1. The summed E-state index contributed by atoms with van der Waals surface area (Å²) in [5.74, 6) is -1.13. The van der Waals surface area contributed by atoms with E-state index in [0.29, 0.717) is 5.56 Å². The molecule has 0 saturated carbocycles. The molecule has 0 aromatic heterocycles. The van der Waals surface area contributed by atoms with Crippen molar-refractivity contribution in [1.82, 2.24) is 0 Å². The number of halogens is 1. The molecule has 0 aliphatic rings. The number of benzene rings is 1. The first kappa shape index (κ1) is 13.4. The summed E-state index contributed by atoms with van der Waals surface area (Å²) in [4.78, 5) is 11.6. The number of esters is 1. The quantitative estimate of drug-likeness (QED) is 0.646. The van der Waals surface area contributed by atoms with Gasteiger partial charge < -0.3 is 15.2 Å². The number of methoxy groups -OCH3 is 1. The molecule has 94 valence electrons. The molecule has 0 bridgehead atoms. The fourth-order valence-electron chi connectivity index (χ4n) is 1.34. The van der Waals surface area contributed by atoms with Crippen LogP contribution in [0.4, 0.5) is 10.1 Å². The molecule has 1 atom stereocenters. The summed E-state index contributed by atoms with van der Waals surface area (Å²) < 4.78 is 23.2. The number of nitrogen functional groups attached to an aromatic ring is 1. The zero-order valence-electron chi connectivity index (χ0n) is 10.1. The predicted molar refractivity (Wildman–Crippen MR) is 62.3 cm³/mol. The van der Waals surface area contributed by atoms with Gasteiger partial charge in [0.25, 0.3) is 0 Å². The molecule has 1 aromatic carbocycles. The van der Waals surface area contributed by atoms with Gasteiger partial charge in [-0.05, 0) is 26.0 Å². The lowest BCUT2D eigenvalue weighted by Crippen LogP contribution is -2.20. The maximum atomic E-state index is 13.4. The largest absolute Gasteiger partial charge is 0.457 e. The molecule has 1 rings (SSSR count). The first-order valence-corrected chi connectivity index (χ1v) is 5.21. The molecule has 5 heteroatoms. The molecule has 0 spiro atoms. The number of nitrogens with two attached hydrogens (primary N) is 1. The Hall–Kier alpha value is -1.62. The highest BCUT2D eigenvalue weighted by Crippen LogP contribution is 2.18. The molecule has 2 N–H and O–H groups in total. The van der Waals surface area contributed by atoms with Crippen LogP contribution in [-0.2, 0) is 9.47 Å². The molecule has 0 radical (unpaired) electrons. The molecule has 17 heavy (non-hydrogen) atoms. The van der Waals surface area contributed by atoms with E-state index in [1.165, 1.54) is 13.2 Å². The Morgan fingerprint density at radius 2 is 2.18 bits per heavy atom. The van der Waals surface area contributed by atoms with Crippen molar-refractivity contribution in [2.75, 3.05) is 19.5 Å². The standard InChI is InChI=1S/C12H16FNO3/c1-7(6-16-3)17-12(15)9-4-10(13)8(2)11(14)5-9/h4-5,7H,6,14H2,1-3H3. The minimum absolute atomic E-state index is 0.105. The van der Waals surface area contributed by atoms with Crippen molar-refractivity contribution in [3.8, 4) is 0 Å². The van der Waals surface area contributed by atoms with Crippen molar-refractivity contribution >= 4 is 11.7 Å². The molecule has 0 amide bonds. The monoisotopic (exact) mass is 241 g/mol. The Morgan fingerprint density at radius 1 is 1.53 bits per heavy atom. The Morgan fingerprint density at radius 3 is 2.71 bits per heavy atom. The van der Waals surface area contributed by atoms with Crippen LogP contribution in [0.15, 0.2) is 12.1 Å². The van der Waals surface area contributed by atoms with E-state index >= 15 is 0 Å². The van der Waals surface area contributed by atoms with Crippen LogP contribution in [0.2, 0.25) is 0 Å². The zero-order chi connectivity index (χ0) is 13.0. The maximum Gasteiger partial charge on any atom is 0.338 e. The summed E-state index contributed by atoms with van der Waals surface area (Å²) in [6.45, 7) is 3.53. The fraction of sp³-hybridized carbons (Fsp3) is 0.417. The van der Waals surface area contributed by atoms with Crippen LogP contribution in [0, 0.1) is 12.7 Å². The Kier molecular flexibility index (Phi) is 4.45. The maximum absolute atomic E-state index is 13.4. The number of carbonyl (C=O) groups is 1. The minimum Gasteiger partial charge on any atom is -0.457 e. The second kappa shape index (κ2) is 5.63. The van der Waals surface area contributed by atoms with Gasteiger partial charge in [-0.25, -0.2) is 9.18 Å². The van der Waals surface area contributed by atoms with Crippen molar-refractivity contribution in [3.63, 3.8) is 0 Å². The first-order chi connectivity index (χ1) is 7.95. The average Bonchev–Trinajstić information content (AvgIpc) is 2.25. The van der Waals surface area contributed by atoms with Crippen LogP contribution in [0.25, 0.3) is 0 Å².